The summed E-state index contributed by atoms with van der Waals surface area (Å²) in [6, 6.07) is 19.6. The lowest BCUT2D eigenvalue weighted by Crippen LogP contribution is -2.51. The molecule has 1 N–H and O–H groups in total. The van der Waals surface area contributed by atoms with Crippen molar-refractivity contribution >= 4 is 39.1 Å². The van der Waals surface area contributed by atoms with Crippen molar-refractivity contribution in [3.63, 3.8) is 0 Å². The quantitative estimate of drug-likeness (QED) is 0.357. The van der Waals surface area contributed by atoms with Crippen LogP contribution in [0.2, 0.25) is 5.02 Å². The largest absolute Gasteiger partial charge is 0.354 e. The second-order valence-electron chi connectivity index (χ2n) is 9.22. The molecule has 2 amide bonds. The third-order valence-electron chi connectivity index (χ3n) is 6.30. The van der Waals surface area contributed by atoms with Gasteiger partial charge in [-0.1, -0.05) is 66.6 Å². The zero-order chi connectivity index (χ0) is 27.9. The lowest BCUT2D eigenvalue weighted by atomic mass is 10.1. The van der Waals surface area contributed by atoms with E-state index in [1.165, 1.54) is 23.1 Å². The number of anilines is 1. The van der Waals surface area contributed by atoms with Crippen molar-refractivity contribution in [1.82, 2.24) is 10.2 Å². The van der Waals surface area contributed by atoms with E-state index in [-0.39, 0.29) is 23.0 Å². The van der Waals surface area contributed by atoms with Gasteiger partial charge in [-0.05, 0) is 68.7 Å². The van der Waals surface area contributed by atoms with Crippen molar-refractivity contribution in [2.45, 2.75) is 51.6 Å². The molecular formula is C29H34ClN3O4S. The number of rotatable bonds is 11. The highest BCUT2D eigenvalue weighted by Crippen LogP contribution is 2.27. The summed E-state index contributed by atoms with van der Waals surface area (Å²) in [6.45, 7) is 7.52. The number of nitrogens with zero attached hydrogens (tertiary/aromatic N) is 2. The molecule has 0 bridgehead atoms. The summed E-state index contributed by atoms with van der Waals surface area (Å²) in [5, 5.41) is 3.18. The van der Waals surface area contributed by atoms with Crippen LogP contribution in [0.3, 0.4) is 0 Å². The Morgan fingerprint density at radius 3 is 2.29 bits per heavy atom. The van der Waals surface area contributed by atoms with Crippen LogP contribution in [0.4, 0.5) is 5.69 Å². The van der Waals surface area contributed by atoms with Gasteiger partial charge < -0.3 is 10.2 Å². The third-order valence-corrected chi connectivity index (χ3v) is 8.33. The maximum Gasteiger partial charge on any atom is 0.264 e. The first-order valence-electron chi connectivity index (χ1n) is 12.5. The number of halogens is 1. The molecule has 3 aromatic carbocycles. The van der Waals surface area contributed by atoms with Gasteiger partial charge in [0.05, 0.1) is 10.6 Å². The standard InChI is InChI=1S/C29H34ClN3O4S/c1-5-17-31-29(35)23(4)32(19-24-10-7-6-9-22(24)3)28(34)20-33(26-12-8-11-25(30)18-26)38(36,37)27-15-13-21(2)14-16-27/h6-16,18,23H,5,17,19-20H2,1-4H3,(H,31,35). The molecule has 0 spiro atoms. The summed E-state index contributed by atoms with van der Waals surface area (Å²) in [5.41, 5.74) is 2.99. The highest BCUT2D eigenvalue weighted by molar-refractivity contribution is 7.92. The molecule has 0 saturated carbocycles. The summed E-state index contributed by atoms with van der Waals surface area (Å²) >= 11 is 6.20. The normalized spacial score (nSPS) is 12.0. The van der Waals surface area contributed by atoms with E-state index in [0.717, 1.165) is 27.4 Å². The van der Waals surface area contributed by atoms with Crippen LogP contribution >= 0.6 is 11.6 Å². The summed E-state index contributed by atoms with van der Waals surface area (Å²) in [5.74, 6) is -0.812. The van der Waals surface area contributed by atoms with Gasteiger partial charge in [0, 0.05) is 18.1 Å². The number of nitrogens with one attached hydrogen (secondary N) is 1. The predicted molar refractivity (Wildman–Crippen MR) is 152 cm³/mol. The Kier molecular flexibility index (Phi) is 9.94. The van der Waals surface area contributed by atoms with E-state index in [2.05, 4.69) is 5.32 Å². The minimum absolute atomic E-state index is 0.0510. The predicted octanol–water partition coefficient (Wildman–Crippen LogP) is 5.10. The maximum atomic E-state index is 13.9. The Hall–Kier alpha value is -3.36. The Balaban J connectivity index is 2.03. The lowest BCUT2D eigenvalue weighted by molar-refractivity contribution is -0.139. The molecule has 9 heteroatoms. The topological polar surface area (TPSA) is 86.8 Å². The summed E-state index contributed by atoms with van der Waals surface area (Å²) in [6.07, 6.45) is 0.752. The van der Waals surface area contributed by atoms with E-state index in [1.54, 1.807) is 37.3 Å². The van der Waals surface area contributed by atoms with Crippen LogP contribution in [-0.2, 0) is 26.2 Å². The molecule has 0 heterocycles. The second-order valence-corrected chi connectivity index (χ2v) is 11.5. The van der Waals surface area contributed by atoms with Crippen molar-refractivity contribution in [1.29, 1.82) is 0 Å². The van der Waals surface area contributed by atoms with Crippen LogP contribution in [0, 0.1) is 13.8 Å². The molecule has 0 saturated heterocycles. The van der Waals surface area contributed by atoms with Crippen molar-refractivity contribution in [3.05, 3.63) is 94.5 Å². The van der Waals surface area contributed by atoms with E-state index >= 15 is 0 Å². The minimum atomic E-state index is -4.13. The van der Waals surface area contributed by atoms with Gasteiger partial charge >= 0.3 is 0 Å². The van der Waals surface area contributed by atoms with Crippen LogP contribution in [-0.4, -0.2) is 44.3 Å². The monoisotopic (exact) mass is 555 g/mol. The fourth-order valence-electron chi connectivity index (χ4n) is 3.95. The van der Waals surface area contributed by atoms with Gasteiger partial charge in [0.2, 0.25) is 11.8 Å². The molecule has 0 radical (unpaired) electrons. The number of carbonyl (C=O) groups excluding carboxylic acids is 2. The average molecular weight is 556 g/mol. The number of hydrogen-bond acceptors (Lipinski definition) is 4. The number of benzene rings is 3. The number of hydrogen-bond donors (Lipinski definition) is 1. The van der Waals surface area contributed by atoms with Crippen LogP contribution in [0.15, 0.2) is 77.7 Å². The van der Waals surface area contributed by atoms with Gasteiger partial charge in [0.1, 0.15) is 12.6 Å². The fourth-order valence-corrected chi connectivity index (χ4v) is 5.54. The minimum Gasteiger partial charge on any atom is -0.354 e. The molecule has 0 aliphatic rings. The first kappa shape index (κ1) is 29.2. The van der Waals surface area contributed by atoms with Gasteiger partial charge in [-0.2, -0.15) is 0 Å². The summed E-state index contributed by atoms with van der Waals surface area (Å²) < 4.78 is 28.7. The zero-order valence-corrected chi connectivity index (χ0v) is 23.7. The molecule has 1 atom stereocenters. The molecule has 0 aliphatic carbocycles. The van der Waals surface area contributed by atoms with Crippen molar-refractivity contribution in [3.8, 4) is 0 Å². The molecule has 0 aromatic heterocycles. The van der Waals surface area contributed by atoms with E-state index in [9.17, 15) is 18.0 Å². The molecule has 202 valence electrons. The van der Waals surface area contributed by atoms with Gasteiger partial charge in [-0.15, -0.1) is 0 Å². The van der Waals surface area contributed by atoms with Crippen molar-refractivity contribution in [2.75, 3.05) is 17.4 Å². The molecule has 3 aromatic rings. The van der Waals surface area contributed by atoms with E-state index in [0.29, 0.717) is 11.6 Å². The molecule has 38 heavy (non-hydrogen) atoms. The highest BCUT2D eigenvalue weighted by Gasteiger charge is 2.32. The Labute approximate surface area is 230 Å². The van der Waals surface area contributed by atoms with Crippen LogP contribution < -0.4 is 9.62 Å². The molecule has 0 aliphatic heterocycles. The number of amides is 2. The molecule has 1 unspecified atom stereocenters. The van der Waals surface area contributed by atoms with Crippen molar-refractivity contribution < 1.29 is 18.0 Å². The van der Waals surface area contributed by atoms with Crippen LogP contribution in [0.25, 0.3) is 0 Å². The first-order valence-corrected chi connectivity index (χ1v) is 14.3. The maximum absolute atomic E-state index is 13.9. The van der Waals surface area contributed by atoms with Gasteiger partial charge in [-0.25, -0.2) is 8.42 Å². The van der Waals surface area contributed by atoms with Gasteiger partial charge in [0.15, 0.2) is 0 Å². The molecule has 7 nitrogen and oxygen atoms in total. The number of aryl methyl sites for hydroxylation is 2. The molecule has 0 fully saturated rings. The first-order chi connectivity index (χ1) is 18.0. The zero-order valence-electron chi connectivity index (χ0n) is 22.1. The van der Waals surface area contributed by atoms with Crippen LogP contribution in [0.5, 0.6) is 0 Å². The SMILES string of the molecule is CCCNC(=O)C(C)N(Cc1ccccc1C)C(=O)CN(c1cccc(Cl)c1)S(=O)(=O)c1ccc(C)cc1. The second kappa shape index (κ2) is 12.9. The Morgan fingerprint density at radius 2 is 1.66 bits per heavy atom. The van der Waals surface area contributed by atoms with Crippen molar-refractivity contribution in [2.24, 2.45) is 0 Å². The van der Waals surface area contributed by atoms with E-state index in [1.807, 2.05) is 45.0 Å². The summed E-state index contributed by atoms with van der Waals surface area (Å²) in [4.78, 5) is 28.3. The smallest absolute Gasteiger partial charge is 0.264 e. The van der Waals surface area contributed by atoms with E-state index < -0.39 is 28.5 Å². The van der Waals surface area contributed by atoms with Gasteiger partial charge in [0.25, 0.3) is 10.0 Å². The van der Waals surface area contributed by atoms with E-state index in [4.69, 9.17) is 11.6 Å². The highest BCUT2D eigenvalue weighted by atomic mass is 35.5. The number of carbonyl (C=O) groups is 2. The Bertz CT molecular complexity index is 1380. The van der Waals surface area contributed by atoms with Crippen LogP contribution in [0.1, 0.15) is 37.0 Å². The Morgan fingerprint density at radius 1 is 0.974 bits per heavy atom. The lowest BCUT2D eigenvalue weighted by Gasteiger charge is -2.32. The average Bonchev–Trinajstić information content (AvgIpc) is 2.89. The molecule has 3 rings (SSSR count). The summed E-state index contributed by atoms with van der Waals surface area (Å²) in [7, 11) is -4.13. The van der Waals surface area contributed by atoms with Gasteiger partial charge in [-0.3, -0.25) is 13.9 Å². The third kappa shape index (κ3) is 7.14. The number of sulfonamides is 1. The molecular weight excluding hydrogens is 522 g/mol. The fraction of sp³-hybridized carbons (Fsp3) is 0.310.